The van der Waals surface area contributed by atoms with Crippen LogP contribution in [0.2, 0.25) is 0 Å². The number of carboxylic acids is 1. The highest BCUT2D eigenvalue weighted by molar-refractivity contribution is 5.70. The molecule has 0 aliphatic heterocycles. The second-order valence-corrected chi connectivity index (χ2v) is 5.34. The monoisotopic (exact) mass is 215 g/mol. The van der Waals surface area contributed by atoms with Gasteiger partial charge in [-0.25, -0.2) is 0 Å². The van der Waals surface area contributed by atoms with E-state index in [1.165, 1.54) is 0 Å². The van der Waals surface area contributed by atoms with E-state index < -0.39 is 5.97 Å². The van der Waals surface area contributed by atoms with Crippen LogP contribution in [0.3, 0.4) is 0 Å². The molecule has 90 valence electrons. The second-order valence-electron chi connectivity index (χ2n) is 5.34. The van der Waals surface area contributed by atoms with Crippen molar-refractivity contribution in [2.75, 3.05) is 13.1 Å². The Labute approximate surface area is 93.3 Å². The van der Waals surface area contributed by atoms with E-state index in [1.807, 2.05) is 13.8 Å². The van der Waals surface area contributed by atoms with E-state index in [2.05, 4.69) is 26.1 Å². The Morgan fingerprint density at radius 3 is 2.27 bits per heavy atom. The zero-order valence-corrected chi connectivity index (χ0v) is 10.6. The molecule has 0 bridgehead atoms. The number of aliphatic carboxylic acids is 1. The first-order valence-corrected chi connectivity index (χ1v) is 5.73. The summed E-state index contributed by atoms with van der Waals surface area (Å²) < 4.78 is 0. The first-order valence-electron chi connectivity index (χ1n) is 5.73. The Morgan fingerprint density at radius 1 is 1.40 bits per heavy atom. The highest BCUT2D eigenvalue weighted by Gasteiger charge is 2.22. The molecule has 1 atom stereocenters. The molecule has 1 unspecified atom stereocenters. The Balaban J connectivity index is 3.97. The lowest BCUT2D eigenvalue weighted by molar-refractivity contribution is -0.143. The summed E-state index contributed by atoms with van der Waals surface area (Å²) in [6.45, 7) is 11.9. The SMILES string of the molecule is CCC(C)(C)CNCC(C(=O)O)C(C)C. The summed E-state index contributed by atoms with van der Waals surface area (Å²) in [7, 11) is 0. The minimum Gasteiger partial charge on any atom is -0.481 e. The van der Waals surface area contributed by atoms with Crippen LogP contribution in [0.25, 0.3) is 0 Å². The summed E-state index contributed by atoms with van der Waals surface area (Å²) in [6, 6.07) is 0. The van der Waals surface area contributed by atoms with Crippen molar-refractivity contribution in [3.8, 4) is 0 Å². The van der Waals surface area contributed by atoms with Gasteiger partial charge in [0.15, 0.2) is 0 Å². The third-order valence-electron chi connectivity index (χ3n) is 3.05. The zero-order chi connectivity index (χ0) is 12.1. The molecule has 0 aromatic carbocycles. The van der Waals surface area contributed by atoms with Gasteiger partial charge in [-0.1, -0.05) is 34.6 Å². The predicted molar refractivity (Wildman–Crippen MR) is 62.9 cm³/mol. The maximum Gasteiger partial charge on any atom is 0.308 e. The summed E-state index contributed by atoms with van der Waals surface area (Å²) in [5.41, 5.74) is 0.250. The smallest absolute Gasteiger partial charge is 0.308 e. The summed E-state index contributed by atoms with van der Waals surface area (Å²) in [5.74, 6) is -0.802. The van der Waals surface area contributed by atoms with Gasteiger partial charge in [0.1, 0.15) is 0 Å². The van der Waals surface area contributed by atoms with Gasteiger partial charge in [0.05, 0.1) is 5.92 Å². The standard InChI is InChI=1S/C12H25NO2/c1-6-12(4,5)8-13-7-10(9(2)3)11(14)15/h9-10,13H,6-8H2,1-5H3,(H,14,15). The van der Waals surface area contributed by atoms with Gasteiger partial charge in [-0.05, 0) is 17.8 Å². The normalized spacial score (nSPS) is 14.3. The number of hydrogen-bond acceptors (Lipinski definition) is 2. The molecule has 0 rings (SSSR count). The summed E-state index contributed by atoms with van der Waals surface area (Å²) in [5, 5.41) is 12.2. The Bertz CT molecular complexity index is 200. The number of nitrogens with one attached hydrogen (secondary N) is 1. The van der Waals surface area contributed by atoms with E-state index in [-0.39, 0.29) is 17.3 Å². The first-order chi connectivity index (χ1) is 6.80. The molecule has 0 fully saturated rings. The molecule has 0 aliphatic rings. The van der Waals surface area contributed by atoms with Crippen LogP contribution in [0.5, 0.6) is 0 Å². The lowest BCUT2D eigenvalue weighted by Gasteiger charge is -2.25. The first kappa shape index (κ1) is 14.4. The third kappa shape index (κ3) is 5.78. The molecular weight excluding hydrogens is 190 g/mol. The number of carbonyl (C=O) groups is 1. The number of carboxylic acid groups (broad SMARTS) is 1. The molecule has 0 radical (unpaired) electrons. The van der Waals surface area contributed by atoms with E-state index in [0.29, 0.717) is 6.54 Å². The van der Waals surface area contributed by atoms with E-state index in [0.717, 1.165) is 13.0 Å². The highest BCUT2D eigenvalue weighted by atomic mass is 16.4. The van der Waals surface area contributed by atoms with Gasteiger partial charge in [0.25, 0.3) is 0 Å². The van der Waals surface area contributed by atoms with Crippen molar-refractivity contribution in [2.24, 2.45) is 17.3 Å². The lowest BCUT2D eigenvalue weighted by Crippen LogP contribution is -2.37. The Kier molecular flexibility index (Phi) is 5.88. The van der Waals surface area contributed by atoms with Gasteiger partial charge in [-0.15, -0.1) is 0 Å². The largest absolute Gasteiger partial charge is 0.481 e. The fraction of sp³-hybridized carbons (Fsp3) is 0.917. The Morgan fingerprint density at radius 2 is 1.93 bits per heavy atom. The molecule has 0 aromatic heterocycles. The van der Waals surface area contributed by atoms with Crippen molar-refractivity contribution in [1.82, 2.24) is 5.32 Å². The molecule has 0 saturated carbocycles. The molecule has 0 spiro atoms. The van der Waals surface area contributed by atoms with Gasteiger partial charge in [-0.3, -0.25) is 4.79 Å². The molecule has 15 heavy (non-hydrogen) atoms. The predicted octanol–water partition coefficient (Wildman–Crippen LogP) is 2.37. The molecule has 0 saturated heterocycles. The molecule has 2 N–H and O–H groups in total. The molecule has 0 aromatic rings. The van der Waals surface area contributed by atoms with Crippen molar-refractivity contribution in [2.45, 2.75) is 41.0 Å². The number of hydrogen-bond donors (Lipinski definition) is 2. The van der Waals surface area contributed by atoms with Crippen molar-refractivity contribution in [3.05, 3.63) is 0 Å². The molecule has 3 nitrogen and oxygen atoms in total. The van der Waals surface area contributed by atoms with Gasteiger partial charge < -0.3 is 10.4 Å². The molecular formula is C12H25NO2. The van der Waals surface area contributed by atoms with Gasteiger partial charge in [0, 0.05) is 13.1 Å². The van der Waals surface area contributed by atoms with E-state index >= 15 is 0 Å². The molecule has 0 heterocycles. The van der Waals surface area contributed by atoms with Crippen molar-refractivity contribution in [3.63, 3.8) is 0 Å². The summed E-state index contributed by atoms with van der Waals surface area (Å²) in [6.07, 6.45) is 1.10. The average molecular weight is 215 g/mol. The summed E-state index contributed by atoms with van der Waals surface area (Å²) >= 11 is 0. The quantitative estimate of drug-likeness (QED) is 0.685. The highest BCUT2D eigenvalue weighted by Crippen LogP contribution is 2.18. The number of rotatable bonds is 7. The van der Waals surface area contributed by atoms with Crippen molar-refractivity contribution in [1.29, 1.82) is 0 Å². The molecule has 0 amide bonds. The minimum atomic E-state index is -0.702. The third-order valence-corrected chi connectivity index (χ3v) is 3.05. The lowest BCUT2D eigenvalue weighted by atomic mass is 9.89. The van der Waals surface area contributed by atoms with Crippen molar-refractivity contribution >= 4 is 5.97 Å². The van der Waals surface area contributed by atoms with Crippen LogP contribution in [0.4, 0.5) is 0 Å². The van der Waals surface area contributed by atoms with Gasteiger partial charge in [0.2, 0.25) is 0 Å². The molecule has 0 aliphatic carbocycles. The topological polar surface area (TPSA) is 49.3 Å². The van der Waals surface area contributed by atoms with Crippen LogP contribution in [0.1, 0.15) is 41.0 Å². The maximum absolute atomic E-state index is 10.9. The van der Waals surface area contributed by atoms with Crippen LogP contribution in [0, 0.1) is 17.3 Å². The second kappa shape index (κ2) is 6.11. The van der Waals surface area contributed by atoms with E-state index in [9.17, 15) is 4.79 Å². The fourth-order valence-electron chi connectivity index (χ4n) is 1.30. The average Bonchev–Trinajstić information content (AvgIpc) is 2.11. The maximum atomic E-state index is 10.9. The van der Waals surface area contributed by atoms with Crippen molar-refractivity contribution < 1.29 is 9.90 Å². The van der Waals surface area contributed by atoms with Crippen LogP contribution < -0.4 is 5.32 Å². The van der Waals surface area contributed by atoms with Crippen LogP contribution >= 0.6 is 0 Å². The van der Waals surface area contributed by atoms with Gasteiger partial charge in [-0.2, -0.15) is 0 Å². The minimum absolute atomic E-state index is 0.180. The fourth-order valence-corrected chi connectivity index (χ4v) is 1.30. The van der Waals surface area contributed by atoms with Crippen LogP contribution in [-0.2, 0) is 4.79 Å². The Hall–Kier alpha value is -0.570. The van der Waals surface area contributed by atoms with E-state index in [4.69, 9.17) is 5.11 Å². The van der Waals surface area contributed by atoms with Crippen LogP contribution in [-0.4, -0.2) is 24.2 Å². The summed E-state index contributed by atoms with van der Waals surface area (Å²) in [4.78, 5) is 10.9. The van der Waals surface area contributed by atoms with Crippen LogP contribution in [0.15, 0.2) is 0 Å². The molecule has 3 heteroatoms. The zero-order valence-electron chi connectivity index (χ0n) is 10.6. The van der Waals surface area contributed by atoms with Gasteiger partial charge >= 0.3 is 5.97 Å². The van der Waals surface area contributed by atoms with E-state index in [1.54, 1.807) is 0 Å².